The van der Waals surface area contributed by atoms with Crippen LogP contribution in [0.4, 0.5) is 5.69 Å². The van der Waals surface area contributed by atoms with Crippen molar-refractivity contribution >= 4 is 11.2 Å². The summed E-state index contributed by atoms with van der Waals surface area (Å²) in [4.78, 5) is 4.03. The number of anilines is 1. The second-order valence-corrected chi connectivity index (χ2v) is 2.36. The second-order valence-electron chi connectivity index (χ2n) is 2.36. The molecule has 2 rings (SSSR count). The summed E-state index contributed by atoms with van der Waals surface area (Å²) in [5, 5.41) is 3.10. The zero-order valence-corrected chi connectivity index (χ0v) is 6.28. The lowest BCUT2D eigenvalue weighted by atomic mass is 10.3. The van der Waals surface area contributed by atoms with E-state index in [1.54, 1.807) is 6.33 Å². The van der Waals surface area contributed by atoms with Crippen LogP contribution in [0.5, 0.6) is 0 Å². The third kappa shape index (κ3) is 0.852. The molecule has 0 fully saturated rings. The van der Waals surface area contributed by atoms with Gasteiger partial charge in [0.05, 0.1) is 23.7 Å². The maximum absolute atomic E-state index is 4.03. The number of hydrogen-bond acceptors (Lipinski definition) is 2. The van der Waals surface area contributed by atoms with Gasteiger partial charge in [-0.3, -0.25) is 0 Å². The van der Waals surface area contributed by atoms with Gasteiger partial charge >= 0.3 is 0 Å². The lowest BCUT2D eigenvalue weighted by Gasteiger charge is -2.00. The van der Waals surface area contributed by atoms with E-state index in [9.17, 15) is 0 Å². The Hall–Kier alpha value is -1.51. The van der Waals surface area contributed by atoms with E-state index < -0.39 is 0 Å². The van der Waals surface area contributed by atoms with Crippen molar-refractivity contribution in [1.82, 2.24) is 9.38 Å². The van der Waals surface area contributed by atoms with Crippen molar-refractivity contribution in [2.45, 2.75) is 0 Å². The predicted octanol–water partition coefficient (Wildman–Crippen LogP) is 1.38. The van der Waals surface area contributed by atoms with Gasteiger partial charge in [0.2, 0.25) is 0 Å². The first kappa shape index (κ1) is 6.22. The van der Waals surface area contributed by atoms with Gasteiger partial charge in [-0.1, -0.05) is 0 Å². The largest absolute Gasteiger partial charge is 0.386 e. The fourth-order valence-corrected chi connectivity index (χ4v) is 1.16. The molecular weight excluding hydrogens is 138 g/mol. The number of nitrogens with one attached hydrogen (secondary N) is 1. The first-order valence-electron chi connectivity index (χ1n) is 3.50. The van der Waals surface area contributed by atoms with E-state index in [1.165, 1.54) is 0 Å². The SMILES string of the molecule is CNc1cccn2cncc12. The molecule has 0 aliphatic rings. The quantitative estimate of drug-likeness (QED) is 0.660. The summed E-state index contributed by atoms with van der Waals surface area (Å²) >= 11 is 0. The van der Waals surface area contributed by atoms with Gasteiger partial charge in [-0.25, -0.2) is 4.98 Å². The van der Waals surface area contributed by atoms with Crippen molar-refractivity contribution in [2.24, 2.45) is 0 Å². The van der Waals surface area contributed by atoms with Gasteiger partial charge in [-0.05, 0) is 12.1 Å². The number of aromatic nitrogens is 2. The fraction of sp³-hybridized carbons (Fsp3) is 0.125. The third-order valence-electron chi connectivity index (χ3n) is 1.72. The molecule has 1 N–H and O–H groups in total. The van der Waals surface area contributed by atoms with Crippen molar-refractivity contribution in [2.75, 3.05) is 12.4 Å². The fourth-order valence-electron chi connectivity index (χ4n) is 1.16. The molecule has 2 aromatic rings. The summed E-state index contributed by atoms with van der Waals surface area (Å²) in [6.07, 6.45) is 5.60. The summed E-state index contributed by atoms with van der Waals surface area (Å²) in [6, 6.07) is 4.01. The Labute approximate surface area is 64.7 Å². The molecule has 56 valence electrons. The van der Waals surface area contributed by atoms with Crippen LogP contribution in [0.2, 0.25) is 0 Å². The van der Waals surface area contributed by atoms with E-state index in [0.717, 1.165) is 11.2 Å². The van der Waals surface area contributed by atoms with E-state index in [2.05, 4.69) is 10.3 Å². The van der Waals surface area contributed by atoms with Crippen LogP contribution in [0.1, 0.15) is 0 Å². The summed E-state index contributed by atoms with van der Waals surface area (Å²) < 4.78 is 1.98. The monoisotopic (exact) mass is 147 g/mol. The van der Waals surface area contributed by atoms with Crippen molar-refractivity contribution in [1.29, 1.82) is 0 Å². The van der Waals surface area contributed by atoms with E-state index in [0.29, 0.717) is 0 Å². The van der Waals surface area contributed by atoms with Crippen LogP contribution in [0.15, 0.2) is 30.9 Å². The van der Waals surface area contributed by atoms with Crippen molar-refractivity contribution in [3.05, 3.63) is 30.9 Å². The molecule has 0 unspecified atom stereocenters. The van der Waals surface area contributed by atoms with Gasteiger partial charge in [0.15, 0.2) is 0 Å². The summed E-state index contributed by atoms with van der Waals surface area (Å²) in [5.41, 5.74) is 2.21. The Bertz CT molecular complexity index is 364. The molecular formula is C8H9N3. The van der Waals surface area contributed by atoms with E-state index in [-0.39, 0.29) is 0 Å². The number of nitrogens with zero attached hydrogens (tertiary/aromatic N) is 2. The summed E-state index contributed by atoms with van der Waals surface area (Å²) in [5.74, 6) is 0. The minimum atomic E-state index is 1.10. The van der Waals surface area contributed by atoms with Crippen molar-refractivity contribution in [3.8, 4) is 0 Å². The van der Waals surface area contributed by atoms with Gasteiger partial charge in [-0.2, -0.15) is 0 Å². The average Bonchev–Trinajstić information content (AvgIpc) is 2.50. The van der Waals surface area contributed by atoms with Gasteiger partial charge < -0.3 is 9.72 Å². The van der Waals surface area contributed by atoms with E-state index >= 15 is 0 Å². The molecule has 3 heteroatoms. The highest BCUT2D eigenvalue weighted by molar-refractivity contribution is 5.70. The van der Waals surface area contributed by atoms with Crippen LogP contribution < -0.4 is 5.32 Å². The minimum Gasteiger partial charge on any atom is -0.386 e. The molecule has 0 amide bonds. The third-order valence-corrected chi connectivity index (χ3v) is 1.72. The first-order valence-corrected chi connectivity index (χ1v) is 3.50. The molecule has 3 nitrogen and oxygen atoms in total. The number of rotatable bonds is 1. The highest BCUT2D eigenvalue weighted by atomic mass is 15.0. The molecule has 0 saturated carbocycles. The summed E-state index contributed by atoms with van der Waals surface area (Å²) in [7, 11) is 1.91. The number of pyridine rings is 1. The number of fused-ring (bicyclic) bond motifs is 1. The normalized spacial score (nSPS) is 10.3. The topological polar surface area (TPSA) is 29.3 Å². The lowest BCUT2D eigenvalue weighted by Crippen LogP contribution is -1.90. The first-order chi connectivity index (χ1) is 5.42. The van der Waals surface area contributed by atoms with E-state index in [4.69, 9.17) is 0 Å². The van der Waals surface area contributed by atoms with Crippen LogP contribution in [-0.4, -0.2) is 16.4 Å². The van der Waals surface area contributed by atoms with Gasteiger partial charge in [0.25, 0.3) is 0 Å². The van der Waals surface area contributed by atoms with Crippen molar-refractivity contribution in [3.63, 3.8) is 0 Å². The van der Waals surface area contributed by atoms with Crippen molar-refractivity contribution < 1.29 is 0 Å². The Morgan fingerprint density at radius 3 is 3.27 bits per heavy atom. The zero-order chi connectivity index (χ0) is 7.68. The average molecular weight is 147 g/mol. The van der Waals surface area contributed by atoms with Gasteiger partial charge in [0, 0.05) is 13.2 Å². The Balaban J connectivity index is 2.79. The maximum Gasteiger partial charge on any atom is 0.0992 e. The molecule has 0 saturated heterocycles. The van der Waals surface area contributed by atoms with Gasteiger partial charge in [-0.15, -0.1) is 0 Å². The van der Waals surface area contributed by atoms with Gasteiger partial charge in [0.1, 0.15) is 0 Å². The predicted molar refractivity (Wildman–Crippen MR) is 44.7 cm³/mol. The van der Waals surface area contributed by atoms with Crippen LogP contribution in [0, 0.1) is 0 Å². The molecule has 11 heavy (non-hydrogen) atoms. The Kier molecular flexibility index (Phi) is 1.28. The number of imidazole rings is 1. The molecule has 0 aliphatic heterocycles. The Morgan fingerprint density at radius 1 is 1.55 bits per heavy atom. The highest BCUT2D eigenvalue weighted by Crippen LogP contribution is 2.13. The zero-order valence-electron chi connectivity index (χ0n) is 6.28. The highest BCUT2D eigenvalue weighted by Gasteiger charge is 1.96. The maximum atomic E-state index is 4.03. The second kappa shape index (κ2) is 2.27. The van der Waals surface area contributed by atoms with Crippen LogP contribution in [0.3, 0.4) is 0 Å². The van der Waals surface area contributed by atoms with E-state index in [1.807, 2.05) is 36.0 Å². The lowest BCUT2D eigenvalue weighted by molar-refractivity contribution is 1.15. The molecule has 2 aromatic heterocycles. The van der Waals surface area contributed by atoms with Crippen LogP contribution in [-0.2, 0) is 0 Å². The molecule has 0 aromatic carbocycles. The molecule has 2 heterocycles. The Morgan fingerprint density at radius 2 is 2.45 bits per heavy atom. The molecule has 0 atom stereocenters. The summed E-state index contributed by atoms with van der Waals surface area (Å²) in [6.45, 7) is 0. The van der Waals surface area contributed by atoms with Crippen LogP contribution >= 0.6 is 0 Å². The number of hydrogen-bond donors (Lipinski definition) is 1. The molecule has 0 bridgehead atoms. The minimum absolute atomic E-state index is 1.10. The molecule has 0 radical (unpaired) electrons. The molecule has 0 aliphatic carbocycles. The van der Waals surface area contributed by atoms with Crippen LogP contribution in [0.25, 0.3) is 5.52 Å². The standard InChI is InChI=1S/C8H9N3/c1-9-7-3-2-4-11-6-10-5-8(7)11/h2-6,9H,1H3. The smallest absolute Gasteiger partial charge is 0.0992 e. The molecule has 0 spiro atoms.